The summed E-state index contributed by atoms with van der Waals surface area (Å²) in [5.74, 6) is 1.01. The molecule has 8 heteroatoms. The van der Waals surface area contributed by atoms with Crippen molar-refractivity contribution in [3.63, 3.8) is 0 Å². The maximum atomic E-state index is 12.1. The van der Waals surface area contributed by atoms with E-state index >= 15 is 0 Å². The molecule has 2 heterocycles. The third-order valence-corrected chi connectivity index (χ3v) is 5.59. The summed E-state index contributed by atoms with van der Waals surface area (Å²) in [6, 6.07) is 11.4. The molecule has 2 aromatic heterocycles. The van der Waals surface area contributed by atoms with Crippen LogP contribution in [0.1, 0.15) is 5.56 Å². The van der Waals surface area contributed by atoms with E-state index in [2.05, 4.69) is 22.1 Å². The second-order valence-electron chi connectivity index (χ2n) is 5.37. The Kier molecular flexibility index (Phi) is 6.49. The zero-order valence-electron chi connectivity index (χ0n) is 13.9. The lowest BCUT2D eigenvalue weighted by Gasteiger charge is -2.07. The van der Waals surface area contributed by atoms with Crippen molar-refractivity contribution >= 4 is 40.6 Å². The van der Waals surface area contributed by atoms with Gasteiger partial charge in [-0.05, 0) is 29.1 Å². The summed E-state index contributed by atoms with van der Waals surface area (Å²) in [5, 5.41) is 14.8. The molecule has 1 amide bonds. The van der Waals surface area contributed by atoms with Gasteiger partial charge in [0.15, 0.2) is 11.0 Å². The van der Waals surface area contributed by atoms with Gasteiger partial charge in [0, 0.05) is 18.1 Å². The monoisotopic (exact) mass is 404 g/mol. The zero-order valence-corrected chi connectivity index (χ0v) is 16.3. The fourth-order valence-electron chi connectivity index (χ4n) is 2.26. The van der Waals surface area contributed by atoms with Gasteiger partial charge in [-0.25, -0.2) is 0 Å². The third-order valence-electron chi connectivity index (χ3n) is 3.51. The fraction of sp³-hybridized carbons (Fsp3) is 0.167. The minimum Gasteiger partial charge on any atom is -0.351 e. The van der Waals surface area contributed by atoms with Crippen molar-refractivity contribution in [3.8, 4) is 10.7 Å². The van der Waals surface area contributed by atoms with E-state index < -0.39 is 0 Å². The number of carbonyl (C=O) groups excluding carboxylic acids is 1. The van der Waals surface area contributed by atoms with Crippen molar-refractivity contribution < 1.29 is 4.79 Å². The van der Waals surface area contributed by atoms with Crippen LogP contribution in [-0.2, 0) is 17.9 Å². The first-order valence-electron chi connectivity index (χ1n) is 7.89. The van der Waals surface area contributed by atoms with Gasteiger partial charge in [-0.15, -0.1) is 28.1 Å². The molecule has 0 aliphatic carbocycles. The zero-order chi connectivity index (χ0) is 18.4. The first-order chi connectivity index (χ1) is 12.7. The van der Waals surface area contributed by atoms with Gasteiger partial charge in [0.2, 0.25) is 5.91 Å². The van der Waals surface area contributed by atoms with Crippen molar-refractivity contribution in [3.05, 3.63) is 65.0 Å². The molecule has 1 aromatic carbocycles. The molecule has 0 unspecified atom stereocenters. The van der Waals surface area contributed by atoms with Gasteiger partial charge in [0.05, 0.1) is 10.6 Å². The van der Waals surface area contributed by atoms with Crippen LogP contribution in [0.3, 0.4) is 0 Å². The molecule has 5 nitrogen and oxygen atoms in total. The predicted octanol–water partition coefficient (Wildman–Crippen LogP) is 4.25. The molecular formula is C18H17ClN4OS2. The number of nitrogens with one attached hydrogen (secondary N) is 1. The summed E-state index contributed by atoms with van der Waals surface area (Å²) in [6.07, 6.45) is 1.80. The first-order valence-corrected chi connectivity index (χ1v) is 10.1. The number of hydrogen-bond acceptors (Lipinski definition) is 5. The maximum Gasteiger partial charge on any atom is 0.230 e. The van der Waals surface area contributed by atoms with Crippen LogP contribution in [0.5, 0.6) is 0 Å². The van der Waals surface area contributed by atoms with E-state index in [0.717, 1.165) is 16.3 Å². The topological polar surface area (TPSA) is 59.8 Å². The highest BCUT2D eigenvalue weighted by atomic mass is 35.5. The lowest BCUT2D eigenvalue weighted by atomic mass is 10.2. The van der Waals surface area contributed by atoms with Crippen molar-refractivity contribution in [2.45, 2.75) is 18.2 Å². The molecule has 0 radical (unpaired) electrons. The van der Waals surface area contributed by atoms with E-state index in [1.165, 1.54) is 11.8 Å². The molecule has 0 saturated carbocycles. The maximum absolute atomic E-state index is 12.1. The Morgan fingerprint density at radius 2 is 2.12 bits per heavy atom. The van der Waals surface area contributed by atoms with Crippen LogP contribution in [0.15, 0.2) is 59.6 Å². The number of rotatable bonds is 8. The Balaban J connectivity index is 1.59. The number of nitrogens with zero attached hydrogens (tertiary/aromatic N) is 3. The number of amides is 1. The minimum absolute atomic E-state index is 0.0595. The molecule has 3 rings (SSSR count). The van der Waals surface area contributed by atoms with Crippen LogP contribution in [0.2, 0.25) is 5.02 Å². The van der Waals surface area contributed by atoms with E-state index in [9.17, 15) is 4.79 Å². The van der Waals surface area contributed by atoms with Crippen LogP contribution < -0.4 is 5.32 Å². The molecule has 0 atom stereocenters. The van der Waals surface area contributed by atoms with E-state index in [-0.39, 0.29) is 11.7 Å². The molecule has 134 valence electrons. The van der Waals surface area contributed by atoms with Crippen LogP contribution in [0.25, 0.3) is 10.7 Å². The summed E-state index contributed by atoms with van der Waals surface area (Å²) in [5.41, 5.74) is 1.00. The number of allylic oxidation sites excluding steroid dienone is 1. The average molecular weight is 405 g/mol. The predicted molar refractivity (Wildman–Crippen MR) is 108 cm³/mol. The van der Waals surface area contributed by atoms with E-state index in [1.54, 1.807) is 17.4 Å². The molecule has 0 aliphatic rings. The van der Waals surface area contributed by atoms with Crippen LogP contribution >= 0.6 is 34.7 Å². The molecule has 0 saturated heterocycles. The van der Waals surface area contributed by atoms with E-state index in [4.69, 9.17) is 11.6 Å². The Hall–Kier alpha value is -2.09. The first kappa shape index (κ1) is 18.7. The number of thioether (sulfide) groups is 1. The smallest absolute Gasteiger partial charge is 0.230 e. The number of aromatic nitrogens is 3. The number of carbonyl (C=O) groups is 1. The van der Waals surface area contributed by atoms with Gasteiger partial charge < -0.3 is 5.32 Å². The second-order valence-corrected chi connectivity index (χ2v) is 7.70. The minimum atomic E-state index is -0.0595. The lowest BCUT2D eigenvalue weighted by molar-refractivity contribution is -0.118. The SMILES string of the molecule is C=CCn1c(SCC(=O)NCc2ccc(Cl)cc2)nnc1-c1cccs1. The average Bonchev–Trinajstić information content (AvgIpc) is 3.29. The van der Waals surface area contributed by atoms with Gasteiger partial charge >= 0.3 is 0 Å². The summed E-state index contributed by atoms with van der Waals surface area (Å²) in [4.78, 5) is 13.2. The number of halogens is 1. The van der Waals surface area contributed by atoms with Gasteiger partial charge in [0.1, 0.15) is 0 Å². The molecule has 0 bridgehead atoms. The van der Waals surface area contributed by atoms with Gasteiger partial charge in [-0.1, -0.05) is 47.6 Å². The molecular weight excluding hydrogens is 388 g/mol. The quantitative estimate of drug-likeness (QED) is 0.450. The Morgan fingerprint density at radius 3 is 2.81 bits per heavy atom. The highest BCUT2D eigenvalue weighted by Crippen LogP contribution is 2.27. The van der Waals surface area contributed by atoms with E-state index in [1.807, 2.05) is 46.3 Å². The summed E-state index contributed by atoms with van der Waals surface area (Å²) >= 11 is 8.83. The normalized spacial score (nSPS) is 10.7. The Bertz CT molecular complexity index is 875. The summed E-state index contributed by atoms with van der Waals surface area (Å²) in [7, 11) is 0. The molecule has 3 aromatic rings. The Labute approximate surface area is 165 Å². The largest absolute Gasteiger partial charge is 0.351 e. The van der Waals surface area contributed by atoms with E-state index in [0.29, 0.717) is 23.3 Å². The molecule has 0 spiro atoms. The van der Waals surface area contributed by atoms with Gasteiger partial charge in [-0.3, -0.25) is 9.36 Å². The van der Waals surface area contributed by atoms with Crippen molar-refractivity contribution in [2.24, 2.45) is 0 Å². The number of benzene rings is 1. The van der Waals surface area contributed by atoms with Crippen LogP contribution in [-0.4, -0.2) is 26.4 Å². The van der Waals surface area contributed by atoms with Crippen LogP contribution in [0, 0.1) is 0 Å². The second kappa shape index (κ2) is 9.02. The third kappa shape index (κ3) is 4.75. The summed E-state index contributed by atoms with van der Waals surface area (Å²) < 4.78 is 1.97. The van der Waals surface area contributed by atoms with Crippen molar-refractivity contribution in [1.82, 2.24) is 20.1 Å². The number of hydrogen-bond donors (Lipinski definition) is 1. The molecule has 0 aliphatic heterocycles. The molecule has 1 N–H and O–H groups in total. The highest BCUT2D eigenvalue weighted by Gasteiger charge is 2.15. The Morgan fingerprint density at radius 1 is 1.31 bits per heavy atom. The summed E-state index contributed by atoms with van der Waals surface area (Å²) in [6.45, 7) is 4.85. The standard InChI is InChI=1S/C18H17ClN4OS2/c1-2-9-23-17(15-4-3-10-25-15)21-22-18(23)26-12-16(24)20-11-13-5-7-14(19)8-6-13/h2-8,10H,1,9,11-12H2,(H,20,24). The van der Waals surface area contributed by atoms with Gasteiger partial charge in [0.25, 0.3) is 0 Å². The van der Waals surface area contributed by atoms with Gasteiger partial charge in [-0.2, -0.15) is 0 Å². The fourth-order valence-corrected chi connectivity index (χ4v) is 3.88. The van der Waals surface area contributed by atoms with Crippen LogP contribution in [0.4, 0.5) is 0 Å². The molecule has 0 fully saturated rings. The molecule has 26 heavy (non-hydrogen) atoms. The highest BCUT2D eigenvalue weighted by molar-refractivity contribution is 7.99. The van der Waals surface area contributed by atoms with Crippen molar-refractivity contribution in [1.29, 1.82) is 0 Å². The number of thiophene rings is 1. The lowest BCUT2D eigenvalue weighted by Crippen LogP contribution is -2.24. The van der Waals surface area contributed by atoms with Crippen molar-refractivity contribution in [2.75, 3.05) is 5.75 Å².